The predicted molar refractivity (Wildman–Crippen MR) is 97.8 cm³/mol. The number of ether oxygens (including phenoxy) is 1. The van der Waals surface area contributed by atoms with E-state index in [9.17, 15) is 15.0 Å². The Labute approximate surface area is 148 Å². The summed E-state index contributed by atoms with van der Waals surface area (Å²) in [5.41, 5.74) is 1.53. The molecule has 1 amide bonds. The van der Waals surface area contributed by atoms with Crippen LogP contribution >= 0.6 is 11.8 Å². The molecule has 0 aromatic heterocycles. The lowest BCUT2D eigenvalue weighted by Gasteiger charge is -2.13. The van der Waals surface area contributed by atoms with Gasteiger partial charge in [-0.1, -0.05) is 18.2 Å². The van der Waals surface area contributed by atoms with Crippen molar-refractivity contribution in [2.24, 2.45) is 0 Å². The number of amidine groups is 1. The average molecular weight is 356 g/mol. The zero-order chi connectivity index (χ0) is 18.0. The number of nitrogens with one attached hydrogen (secondary N) is 1. The smallest absolute Gasteiger partial charge is 0.271 e. The third-order valence-corrected chi connectivity index (χ3v) is 4.59. The number of nitrogens with zero attached hydrogens (tertiary/aromatic N) is 1. The van der Waals surface area contributed by atoms with E-state index in [1.165, 1.54) is 12.0 Å². The van der Waals surface area contributed by atoms with Gasteiger partial charge in [0.05, 0.1) is 24.3 Å². The first-order chi connectivity index (χ1) is 12.0. The number of hydrogen-bond acceptors (Lipinski definition) is 6. The van der Waals surface area contributed by atoms with Crippen LogP contribution in [-0.2, 0) is 11.4 Å². The maximum atomic E-state index is 12.7. The van der Waals surface area contributed by atoms with Crippen molar-refractivity contribution in [2.75, 3.05) is 12.0 Å². The lowest BCUT2D eigenvalue weighted by atomic mass is 10.1. The van der Waals surface area contributed by atoms with Gasteiger partial charge in [-0.2, -0.15) is 0 Å². The van der Waals surface area contributed by atoms with Gasteiger partial charge in [0.1, 0.15) is 0 Å². The molecule has 25 heavy (non-hydrogen) atoms. The third kappa shape index (κ3) is 3.24. The molecule has 0 bridgehead atoms. The molecule has 1 aliphatic heterocycles. The van der Waals surface area contributed by atoms with Crippen molar-refractivity contribution in [3.8, 4) is 11.5 Å². The first kappa shape index (κ1) is 17.1. The minimum absolute atomic E-state index is 0.121. The number of para-hydroxylation sites is 1. The number of thioether (sulfide) groups is 1. The van der Waals surface area contributed by atoms with E-state index in [1.54, 1.807) is 42.5 Å². The number of rotatable bonds is 4. The molecule has 7 heteroatoms. The summed E-state index contributed by atoms with van der Waals surface area (Å²) >= 11 is 1.06. The highest BCUT2D eigenvalue weighted by Crippen LogP contribution is 2.37. The molecule has 0 saturated carbocycles. The largest absolute Gasteiger partial charge is 0.504 e. The van der Waals surface area contributed by atoms with Crippen LogP contribution in [0.1, 0.15) is 11.1 Å². The minimum Gasteiger partial charge on any atom is -0.504 e. The monoisotopic (exact) mass is 356 g/mol. The Morgan fingerprint density at radius 2 is 2.00 bits per heavy atom. The fourth-order valence-corrected chi connectivity index (χ4v) is 3.36. The number of carbonyl (C=O) groups excluding carboxylic acids is 1. The van der Waals surface area contributed by atoms with Crippen LogP contribution in [0.5, 0.6) is 11.5 Å². The summed E-state index contributed by atoms with van der Waals surface area (Å²) in [6, 6.07) is 12.1. The Kier molecular flexibility index (Phi) is 4.78. The van der Waals surface area contributed by atoms with Crippen LogP contribution in [0, 0.1) is 5.41 Å². The number of hydrogen-bond donors (Lipinski definition) is 3. The van der Waals surface area contributed by atoms with Gasteiger partial charge in [0, 0.05) is 5.56 Å². The summed E-state index contributed by atoms with van der Waals surface area (Å²) in [5, 5.41) is 27.5. The highest BCUT2D eigenvalue weighted by atomic mass is 32.2. The first-order valence-corrected chi connectivity index (χ1v) is 8.25. The van der Waals surface area contributed by atoms with Gasteiger partial charge < -0.3 is 14.9 Å². The maximum absolute atomic E-state index is 12.7. The molecule has 0 radical (unpaired) electrons. The van der Waals surface area contributed by atoms with Gasteiger partial charge in [-0.15, -0.1) is 0 Å². The summed E-state index contributed by atoms with van der Waals surface area (Å²) in [6.07, 6.45) is 1.62. The Bertz CT molecular complexity index is 840. The molecule has 3 rings (SSSR count). The van der Waals surface area contributed by atoms with Crippen molar-refractivity contribution in [1.82, 2.24) is 0 Å². The van der Waals surface area contributed by atoms with Crippen LogP contribution in [-0.4, -0.2) is 28.4 Å². The molecule has 0 spiro atoms. The minimum atomic E-state index is -0.355. The topological polar surface area (TPSA) is 93.9 Å². The normalized spacial score (nSPS) is 15.9. The predicted octanol–water partition coefficient (Wildman–Crippen LogP) is 2.95. The van der Waals surface area contributed by atoms with Crippen molar-refractivity contribution in [3.63, 3.8) is 0 Å². The van der Waals surface area contributed by atoms with Gasteiger partial charge in [0.15, 0.2) is 16.7 Å². The van der Waals surface area contributed by atoms with Gasteiger partial charge in [0.2, 0.25) is 0 Å². The summed E-state index contributed by atoms with van der Waals surface area (Å²) in [6.45, 7) is -0.355. The highest BCUT2D eigenvalue weighted by Gasteiger charge is 2.33. The van der Waals surface area contributed by atoms with Crippen LogP contribution in [0.15, 0.2) is 47.4 Å². The number of aliphatic hydroxyl groups is 1. The van der Waals surface area contributed by atoms with E-state index in [2.05, 4.69) is 0 Å². The number of methoxy groups -OCH3 is 1. The summed E-state index contributed by atoms with van der Waals surface area (Å²) < 4.78 is 5.10. The fourth-order valence-electron chi connectivity index (χ4n) is 2.50. The molecule has 1 heterocycles. The van der Waals surface area contributed by atoms with E-state index >= 15 is 0 Å². The number of aromatic hydroxyl groups is 1. The molecule has 0 aliphatic carbocycles. The van der Waals surface area contributed by atoms with E-state index in [4.69, 9.17) is 10.1 Å². The molecule has 1 fully saturated rings. The van der Waals surface area contributed by atoms with E-state index < -0.39 is 0 Å². The summed E-state index contributed by atoms with van der Waals surface area (Å²) in [4.78, 5) is 14.4. The first-order valence-electron chi connectivity index (χ1n) is 7.43. The molecule has 1 aliphatic rings. The van der Waals surface area contributed by atoms with Crippen molar-refractivity contribution in [3.05, 3.63) is 58.5 Å². The lowest BCUT2D eigenvalue weighted by Crippen LogP contribution is -2.27. The van der Waals surface area contributed by atoms with E-state index in [1.807, 2.05) is 6.07 Å². The van der Waals surface area contributed by atoms with Crippen molar-refractivity contribution >= 4 is 34.6 Å². The number of carbonyl (C=O) groups is 1. The zero-order valence-corrected chi connectivity index (χ0v) is 14.2. The Morgan fingerprint density at radius 1 is 1.28 bits per heavy atom. The van der Waals surface area contributed by atoms with Gasteiger partial charge in [-0.05, 0) is 47.7 Å². The van der Waals surface area contributed by atoms with Crippen LogP contribution in [0.2, 0.25) is 0 Å². The Hall–Kier alpha value is -2.77. The van der Waals surface area contributed by atoms with Crippen LogP contribution in [0.3, 0.4) is 0 Å². The molecule has 6 nitrogen and oxygen atoms in total. The average Bonchev–Trinajstić information content (AvgIpc) is 2.90. The highest BCUT2D eigenvalue weighted by molar-refractivity contribution is 8.19. The Balaban J connectivity index is 1.98. The molecular weight excluding hydrogens is 340 g/mol. The second kappa shape index (κ2) is 7.00. The second-order valence-corrected chi connectivity index (χ2v) is 6.31. The SMILES string of the molecule is COc1cc(/C=C2\SC(=N)N(c3ccccc3)C2=O)cc(CO)c1O. The van der Waals surface area contributed by atoms with E-state index in [-0.39, 0.29) is 29.2 Å². The van der Waals surface area contributed by atoms with Gasteiger partial charge in [-0.25, -0.2) is 0 Å². The van der Waals surface area contributed by atoms with Gasteiger partial charge in [0.25, 0.3) is 5.91 Å². The third-order valence-electron chi connectivity index (χ3n) is 3.70. The summed E-state index contributed by atoms with van der Waals surface area (Å²) in [5.74, 6) is -0.209. The summed E-state index contributed by atoms with van der Waals surface area (Å²) in [7, 11) is 1.41. The molecular formula is C18H16N2O4S. The number of benzene rings is 2. The number of phenols is 1. The standard InChI is InChI=1S/C18H16N2O4S/c1-24-14-8-11(7-12(10-21)16(14)22)9-15-17(23)20(18(19)25-15)13-5-3-2-4-6-13/h2-9,19,21-22H,10H2,1H3/b15-9-,19-18?. The van der Waals surface area contributed by atoms with E-state index in [0.29, 0.717) is 21.7 Å². The molecule has 3 N–H and O–H groups in total. The quantitative estimate of drug-likeness (QED) is 0.732. The molecule has 0 unspecified atom stereocenters. The number of amides is 1. The van der Waals surface area contributed by atoms with E-state index in [0.717, 1.165) is 11.8 Å². The Morgan fingerprint density at radius 3 is 2.64 bits per heavy atom. The van der Waals surface area contributed by atoms with Crippen molar-refractivity contribution < 1.29 is 19.7 Å². The second-order valence-electron chi connectivity index (χ2n) is 5.28. The lowest BCUT2D eigenvalue weighted by molar-refractivity contribution is -0.113. The molecule has 2 aromatic rings. The molecule has 2 aromatic carbocycles. The molecule has 128 valence electrons. The van der Waals surface area contributed by atoms with Gasteiger partial charge >= 0.3 is 0 Å². The van der Waals surface area contributed by atoms with Crippen LogP contribution in [0.4, 0.5) is 5.69 Å². The van der Waals surface area contributed by atoms with Crippen molar-refractivity contribution in [1.29, 1.82) is 5.41 Å². The van der Waals surface area contributed by atoms with Gasteiger partial charge in [-0.3, -0.25) is 15.1 Å². The number of aliphatic hydroxyl groups excluding tert-OH is 1. The van der Waals surface area contributed by atoms with Crippen molar-refractivity contribution in [2.45, 2.75) is 6.61 Å². The fraction of sp³-hybridized carbons (Fsp3) is 0.111. The zero-order valence-electron chi connectivity index (χ0n) is 13.4. The van der Waals surface area contributed by atoms with Crippen LogP contribution < -0.4 is 9.64 Å². The molecule has 1 saturated heterocycles. The number of anilines is 1. The molecule has 0 atom stereocenters. The van der Waals surface area contributed by atoms with Crippen LogP contribution in [0.25, 0.3) is 6.08 Å². The maximum Gasteiger partial charge on any atom is 0.271 e.